The van der Waals surface area contributed by atoms with Crippen LogP contribution in [0.15, 0.2) is 36.5 Å². The molecule has 2 atom stereocenters. The van der Waals surface area contributed by atoms with Crippen LogP contribution in [-0.4, -0.2) is 36.0 Å². The van der Waals surface area contributed by atoms with Crippen molar-refractivity contribution in [2.75, 3.05) is 7.11 Å². The summed E-state index contributed by atoms with van der Waals surface area (Å²) < 4.78 is 5.08. The van der Waals surface area contributed by atoms with E-state index in [1.165, 1.54) is 4.90 Å². The molecule has 1 fully saturated rings. The Labute approximate surface area is 116 Å². The molecule has 0 spiro atoms. The maximum absolute atomic E-state index is 12.3. The van der Waals surface area contributed by atoms with Gasteiger partial charge in [-0.3, -0.25) is 9.69 Å². The smallest absolute Gasteiger partial charge is 0.325 e. The summed E-state index contributed by atoms with van der Waals surface area (Å²) in [7, 11) is 1.59. The first-order valence-corrected chi connectivity index (χ1v) is 6.36. The Balaban J connectivity index is 1.75. The van der Waals surface area contributed by atoms with E-state index >= 15 is 0 Å². The van der Waals surface area contributed by atoms with E-state index in [-0.39, 0.29) is 24.5 Å². The highest BCUT2D eigenvalue weighted by molar-refractivity contribution is 6.01. The van der Waals surface area contributed by atoms with Gasteiger partial charge >= 0.3 is 6.03 Å². The molecule has 2 N–H and O–H groups in total. The fourth-order valence-electron chi connectivity index (χ4n) is 2.39. The summed E-state index contributed by atoms with van der Waals surface area (Å²) in [5.74, 6) is 0.532. The molecule has 20 heavy (non-hydrogen) atoms. The van der Waals surface area contributed by atoms with Gasteiger partial charge in [-0.05, 0) is 30.0 Å². The molecule has 1 aromatic carbocycles. The normalized spacial score (nSPS) is 24.1. The van der Waals surface area contributed by atoms with Gasteiger partial charge in [0.15, 0.2) is 0 Å². The molecule has 0 unspecified atom stereocenters. The Morgan fingerprint density at radius 3 is 2.70 bits per heavy atom. The highest BCUT2D eigenvalue weighted by Crippen LogP contribution is 2.18. The van der Waals surface area contributed by atoms with Gasteiger partial charge in [0.1, 0.15) is 11.8 Å². The van der Waals surface area contributed by atoms with E-state index in [0.717, 1.165) is 11.3 Å². The first-order chi connectivity index (χ1) is 9.69. The fraction of sp³-hybridized carbons (Fsp3) is 0.286. The van der Waals surface area contributed by atoms with E-state index in [2.05, 4.69) is 10.6 Å². The summed E-state index contributed by atoms with van der Waals surface area (Å²) in [5, 5.41) is 5.75. The molecule has 1 saturated heterocycles. The van der Waals surface area contributed by atoms with Gasteiger partial charge in [-0.15, -0.1) is 0 Å². The van der Waals surface area contributed by atoms with Gasteiger partial charge in [-0.2, -0.15) is 0 Å². The van der Waals surface area contributed by atoms with Crippen LogP contribution in [0, 0.1) is 0 Å². The Kier molecular flexibility index (Phi) is 3.06. The monoisotopic (exact) mass is 273 g/mol. The van der Waals surface area contributed by atoms with Crippen LogP contribution in [0.4, 0.5) is 4.79 Å². The van der Waals surface area contributed by atoms with Crippen molar-refractivity contribution in [2.24, 2.45) is 0 Å². The molecule has 2 aliphatic rings. The molecule has 2 aliphatic heterocycles. The predicted molar refractivity (Wildman–Crippen MR) is 71.9 cm³/mol. The second-order valence-electron chi connectivity index (χ2n) is 4.75. The topological polar surface area (TPSA) is 70.7 Å². The van der Waals surface area contributed by atoms with Crippen molar-refractivity contribution in [1.82, 2.24) is 15.5 Å². The lowest BCUT2D eigenvalue weighted by atomic mass is 10.1. The number of rotatable bonds is 3. The zero-order valence-corrected chi connectivity index (χ0v) is 11.0. The molecule has 0 bridgehead atoms. The zero-order valence-electron chi connectivity index (χ0n) is 11.0. The Bertz CT molecular complexity index is 568. The molecule has 1 aromatic rings. The fourth-order valence-corrected chi connectivity index (χ4v) is 2.39. The van der Waals surface area contributed by atoms with Crippen molar-refractivity contribution in [3.8, 4) is 5.75 Å². The third-order valence-electron chi connectivity index (χ3n) is 3.51. The van der Waals surface area contributed by atoms with Crippen LogP contribution in [-0.2, 0) is 11.3 Å². The minimum absolute atomic E-state index is 0.209. The Hall–Kier alpha value is -2.50. The predicted octanol–water partition coefficient (Wildman–Crippen LogP) is 0.601. The minimum atomic E-state index is -0.397. The van der Waals surface area contributed by atoms with Crippen molar-refractivity contribution >= 4 is 11.9 Å². The summed E-state index contributed by atoms with van der Waals surface area (Å²) in [6.07, 6.45) is 3.48. The molecule has 3 rings (SSSR count). The standard InChI is InChI=1S/C14H15N3O3/c1-20-10-4-2-9(3-5-10)8-17-13(18)12-11(6-7-15-12)16-14(17)19/h2-7,11-12,15H,8H2,1H3,(H,16,19)/t11-,12+/m0/s1. The lowest BCUT2D eigenvalue weighted by Crippen LogP contribution is -2.63. The number of ether oxygens (including phenoxy) is 1. The number of carbonyl (C=O) groups excluding carboxylic acids is 2. The van der Waals surface area contributed by atoms with Crippen LogP contribution in [0.1, 0.15) is 5.56 Å². The molecule has 3 amide bonds. The number of methoxy groups -OCH3 is 1. The zero-order chi connectivity index (χ0) is 14.1. The molecule has 0 aliphatic carbocycles. The molecule has 2 heterocycles. The van der Waals surface area contributed by atoms with E-state index in [9.17, 15) is 9.59 Å². The molecule has 0 aromatic heterocycles. The van der Waals surface area contributed by atoms with E-state index in [1.807, 2.05) is 12.1 Å². The van der Waals surface area contributed by atoms with Gasteiger partial charge in [0.05, 0.1) is 19.7 Å². The Morgan fingerprint density at radius 1 is 1.25 bits per heavy atom. The van der Waals surface area contributed by atoms with Gasteiger partial charge < -0.3 is 15.4 Å². The highest BCUT2D eigenvalue weighted by atomic mass is 16.5. The molecule has 104 valence electrons. The SMILES string of the molecule is COc1ccc(CN2C(=O)N[C@H]3C=CN[C@H]3C2=O)cc1. The quantitative estimate of drug-likeness (QED) is 0.846. The first kappa shape index (κ1) is 12.5. The largest absolute Gasteiger partial charge is 0.497 e. The first-order valence-electron chi connectivity index (χ1n) is 6.36. The van der Waals surface area contributed by atoms with Crippen LogP contribution in [0.2, 0.25) is 0 Å². The lowest BCUT2D eigenvalue weighted by Gasteiger charge is -2.33. The highest BCUT2D eigenvalue weighted by Gasteiger charge is 2.41. The van der Waals surface area contributed by atoms with Crippen LogP contribution < -0.4 is 15.4 Å². The third-order valence-corrected chi connectivity index (χ3v) is 3.51. The van der Waals surface area contributed by atoms with E-state index in [4.69, 9.17) is 4.74 Å². The number of hydrogen-bond acceptors (Lipinski definition) is 4. The van der Waals surface area contributed by atoms with Gasteiger partial charge in [-0.1, -0.05) is 12.1 Å². The molecular weight excluding hydrogens is 258 g/mol. The third kappa shape index (κ3) is 2.09. The maximum atomic E-state index is 12.3. The number of hydrogen-bond donors (Lipinski definition) is 2. The van der Waals surface area contributed by atoms with Gasteiger partial charge in [0.2, 0.25) is 0 Å². The van der Waals surface area contributed by atoms with Crippen LogP contribution >= 0.6 is 0 Å². The second kappa shape index (κ2) is 4.88. The summed E-state index contributed by atoms with van der Waals surface area (Å²) in [6, 6.07) is 6.28. The maximum Gasteiger partial charge on any atom is 0.325 e. The summed E-state index contributed by atoms with van der Waals surface area (Å²) >= 11 is 0. The van der Waals surface area contributed by atoms with E-state index < -0.39 is 6.04 Å². The van der Waals surface area contributed by atoms with Crippen molar-refractivity contribution in [3.63, 3.8) is 0 Å². The van der Waals surface area contributed by atoms with Crippen molar-refractivity contribution < 1.29 is 14.3 Å². The molecule has 0 radical (unpaired) electrons. The van der Waals surface area contributed by atoms with Gasteiger partial charge in [-0.25, -0.2) is 4.79 Å². The van der Waals surface area contributed by atoms with Crippen LogP contribution in [0.3, 0.4) is 0 Å². The average Bonchev–Trinajstić information content (AvgIpc) is 2.92. The Morgan fingerprint density at radius 2 is 2.00 bits per heavy atom. The summed E-state index contributed by atoms with van der Waals surface area (Å²) in [5.41, 5.74) is 0.874. The second-order valence-corrected chi connectivity index (χ2v) is 4.75. The number of imide groups is 1. The van der Waals surface area contributed by atoms with Crippen molar-refractivity contribution in [2.45, 2.75) is 18.6 Å². The van der Waals surface area contributed by atoms with Crippen molar-refractivity contribution in [3.05, 3.63) is 42.1 Å². The number of fused-ring (bicyclic) bond motifs is 1. The van der Waals surface area contributed by atoms with E-state index in [0.29, 0.717) is 0 Å². The number of carbonyl (C=O) groups is 2. The number of urea groups is 1. The number of nitrogens with one attached hydrogen (secondary N) is 2. The molecule has 0 saturated carbocycles. The molecule has 6 heteroatoms. The van der Waals surface area contributed by atoms with Crippen LogP contribution in [0.5, 0.6) is 5.75 Å². The average molecular weight is 273 g/mol. The lowest BCUT2D eigenvalue weighted by molar-refractivity contribution is -0.132. The minimum Gasteiger partial charge on any atom is -0.497 e. The molecular formula is C14H15N3O3. The van der Waals surface area contributed by atoms with Crippen LogP contribution in [0.25, 0.3) is 0 Å². The van der Waals surface area contributed by atoms with Crippen molar-refractivity contribution in [1.29, 1.82) is 0 Å². The van der Waals surface area contributed by atoms with Gasteiger partial charge in [0.25, 0.3) is 5.91 Å². The summed E-state index contributed by atoms with van der Waals surface area (Å²) in [4.78, 5) is 25.5. The van der Waals surface area contributed by atoms with E-state index in [1.54, 1.807) is 31.5 Å². The summed E-state index contributed by atoms with van der Waals surface area (Å²) in [6.45, 7) is 0.250. The number of benzene rings is 1. The number of nitrogens with zero attached hydrogens (tertiary/aromatic N) is 1. The molecule has 6 nitrogen and oxygen atoms in total. The number of amides is 3. The van der Waals surface area contributed by atoms with Gasteiger partial charge in [0, 0.05) is 0 Å².